The predicted molar refractivity (Wildman–Crippen MR) is 104 cm³/mol. The van der Waals surface area contributed by atoms with Gasteiger partial charge in [0.15, 0.2) is 0 Å². The zero-order valence-corrected chi connectivity index (χ0v) is 15.8. The fourth-order valence-corrected chi connectivity index (χ4v) is 3.65. The lowest BCUT2D eigenvalue weighted by atomic mass is 10.1. The Hall–Kier alpha value is -3.55. The van der Waals surface area contributed by atoms with Gasteiger partial charge in [0.2, 0.25) is 0 Å². The van der Waals surface area contributed by atoms with Crippen molar-refractivity contribution in [2.24, 2.45) is 0 Å². The summed E-state index contributed by atoms with van der Waals surface area (Å²) in [5.41, 5.74) is 0.683. The van der Waals surface area contributed by atoms with Crippen LogP contribution in [0.3, 0.4) is 0 Å². The smallest absolute Gasteiger partial charge is 0.295 e. The summed E-state index contributed by atoms with van der Waals surface area (Å²) in [6, 6.07) is 9.16. The number of Topliss-reactive ketones (excluding diaryl/α,β-unsaturated/α-hetero) is 1. The van der Waals surface area contributed by atoms with Crippen LogP contribution in [-0.4, -0.2) is 63.0 Å². The molecule has 0 spiro atoms. The number of carbonyl (C=O) groups is 3. The minimum atomic E-state index is -0.696. The molecule has 1 saturated heterocycles. The zero-order chi connectivity index (χ0) is 20.5. The topological polar surface area (TPSA) is 86.4 Å². The molecule has 0 saturated carbocycles. The van der Waals surface area contributed by atoms with Crippen molar-refractivity contribution in [3.05, 3.63) is 65.9 Å². The van der Waals surface area contributed by atoms with E-state index in [0.717, 1.165) is 0 Å². The van der Waals surface area contributed by atoms with Gasteiger partial charge >= 0.3 is 0 Å². The van der Waals surface area contributed by atoms with E-state index in [4.69, 9.17) is 0 Å². The van der Waals surface area contributed by atoms with Crippen molar-refractivity contribution in [2.75, 3.05) is 19.6 Å². The van der Waals surface area contributed by atoms with Crippen LogP contribution in [0, 0.1) is 5.82 Å². The summed E-state index contributed by atoms with van der Waals surface area (Å²) in [5.74, 6) is -2.04. The molecule has 7 nitrogen and oxygen atoms in total. The number of nitrogens with zero attached hydrogens (tertiary/aromatic N) is 3. The number of ketones is 1. The van der Waals surface area contributed by atoms with E-state index in [1.165, 1.54) is 23.2 Å². The number of para-hydroxylation sites is 1. The summed E-state index contributed by atoms with van der Waals surface area (Å²) in [5, 5.41) is 0.375. The van der Waals surface area contributed by atoms with Gasteiger partial charge in [-0.25, -0.2) is 4.39 Å². The number of nitrogens with one attached hydrogen (secondary N) is 1. The first-order chi connectivity index (χ1) is 14.0. The van der Waals surface area contributed by atoms with Crippen molar-refractivity contribution in [1.82, 2.24) is 19.8 Å². The number of rotatable bonds is 3. The second-order valence-electron chi connectivity index (χ2n) is 7.01. The second kappa shape index (κ2) is 7.46. The van der Waals surface area contributed by atoms with E-state index in [-0.39, 0.29) is 29.6 Å². The largest absolute Gasteiger partial charge is 0.358 e. The molecular formula is C21H19FN4O3. The normalized spacial score (nSPS) is 16.8. The molecule has 1 aromatic carbocycles. The molecule has 29 heavy (non-hydrogen) atoms. The van der Waals surface area contributed by atoms with Gasteiger partial charge in [0.05, 0.1) is 11.1 Å². The minimum absolute atomic E-state index is 0.142. The molecule has 2 aromatic heterocycles. The molecule has 0 radical (unpaired) electrons. The lowest BCUT2D eigenvalue weighted by Crippen LogP contribution is -2.56. The summed E-state index contributed by atoms with van der Waals surface area (Å²) < 4.78 is 13.9. The Morgan fingerprint density at radius 1 is 1.14 bits per heavy atom. The maximum atomic E-state index is 13.9. The third kappa shape index (κ3) is 3.37. The van der Waals surface area contributed by atoms with Crippen LogP contribution < -0.4 is 0 Å². The van der Waals surface area contributed by atoms with Crippen LogP contribution in [0.1, 0.15) is 27.8 Å². The molecular weight excluding hydrogens is 375 g/mol. The number of piperazine rings is 1. The fraction of sp³-hybridized carbons (Fsp3) is 0.238. The molecule has 2 amide bonds. The van der Waals surface area contributed by atoms with Gasteiger partial charge in [-0.05, 0) is 25.1 Å². The lowest BCUT2D eigenvalue weighted by molar-refractivity contribution is -0.130. The van der Waals surface area contributed by atoms with Gasteiger partial charge in [-0.15, -0.1) is 0 Å². The van der Waals surface area contributed by atoms with Gasteiger partial charge in [0, 0.05) is 43.5 Å². The van der Waals surface area contributed by atoms with Gasteiger partial charge in [-0.3, -0.25) is 19.4 Å². The highest BCUT2D eigenvalue weighted by molar-refractivity contribution is 6.45. The minimum Gasteiger partial charge on any atom is -0.358 e. The van der Waals surface area contributed by atoms with Gasteiger partial charge in [0.25, 0.3) is 17.6 Å². The number of aromatic amines is 1. The van der Waals surface area contributed by atoms with Crippen LogP contribution in [-0.2, 0) is 4.79 Å². The molecule has 0 unspecified atom stereocenters. The van der Waals surface area contributed by atoms with Crippen LogP contribution in [0.2, 0.25) is 0 Å². The van der Waals surface area contributed by atoms with Crippen LogP contribution in [0.25, 0.3) is 10.9 Å². The van der Waals surface area contributed by atoms with E-state index in [1.807, 2.05) is 0 Å². The molecule has 0 aliphatic carbocycles. The van der Waals surface area contributed by atoms with Crippen LogP contribution in [0.4, 0.5) is 4.39 Å². The highest BCUT2D eigenvalue weighted by atomic mass is 19.1. The Balaban J connectivity index is 1.49. The Morgan fingerprint density at radius 3 is 2.69 bits per heavy atom. The quantitative estimate of drug-likeness (QED) is 0.545. The maximum Gasteiger partial charge on any atom is 0.295 e. The third-order valence-electron chi connectivity index (χ3n) is 5.16. The van der Waals surface area contributed by atoms with E-state index in [9.17, 15) is 18.8 Å². The van der Waals surface area contributed by atoms with Crippen molar-refractivity contribution in [3.63, 3.8) is 0 Å². The first kappa shape index (κ1) is 18.8. The molecule has 148 valence electrons. The van der Waals surface area contributed by atoms with Crippen molar-refractivity contribution in [3.8, 4) is 0 Å². The molecule has 1 fully saturated rings. The van der Waals surface area contributed by atoms with Gasteiger partial charge < -0.3 is 14.8 Å². The number of hydrogen-bond donors (Lipinski definition) is 1. The van der Waals surface area contributed by atoms with E-state index < -0.39 is 17.5 Å². The van der Waals surface area contributed by atoms with E-state index in [2.05, 4.69) is 9.97 Å². The second-order valence-corrected chi connectivity index (χ2v) is 7.01. The van der Waals surface area contributed by atoms with Crippen LogP contribution >= 0.6 is 0 Å². The van der Waals surface area contributed by atoms with Gasteiger partial charge in [-0.2, -0.15) is 0 Å². The molecule has 3 heterocycles. The number of benzene rings is 1. The number of carbonyl (C=O) groups excluding carboxylic acids is 3. The van der Waals surface area contributed by atoms with Crippen LogP contribution in [0.5, 0.6) is 0 Å². The Labute approximate surface area is 166 Å². The fourth-order valence-electron chi connectivity index (χ4n) is 3.65. The molecule has 1 aliphatic rings. The first-order valence-corrected chi connectivity index (χ1v) is 9.28. The average Bonchev–Trinajstić information content (AvgIpc) is 3.18. The van der Waals surface area contributed by atoms with Gasteiger partial charge in [-0.1, -0.05) is 18.2 Å². The van der Waals surface area contributed by atoms with E-state index >= 15 is 0 Å². The number of H-pyrrole nitrogens is 1. The molecule has 3 aromatic rings. The lowest BCUT2D eigenvalue weighted by Gasteiger charge is -2.39. The van der Waals surface area contributed by atoms with E-state index in [1.54, 1.807) is 42.3 Å². The summed E-state index contributed by atoms with van der Waals surface area (Å²) in [6.45, 7) is 2.64. The number of pyridine rings is 1. The summed E-state index contributed by atoms with van der Waals surface area (Å²) in [6.07, 6.45) is 2.92. The molecule has 8 heteroatoms. The highest BCUT2D eigenvalue weighted by Gasteiger charge is 2.34. The Bertz CT molecular complexity index is 1100. The van der Waals surface area contributed by atoms with Crippen molar-refractivity contribution >= 4 is 28.5 Å². The zero-order valence-electron chi connectivity index (χ0n) is 15.8. The SMILES string of the molecule is C[C@@H]1CN(C(=O)c2ccccn2)CCN1C(=O)C(=O)c1c[nH]c2c(F)cccc12. The first-order valence-electron chi connectivity index (χ1n) is 9.28. The number of hydrogen-bond acceptors (Lipinski definition) is 4. The predicted octanol–water partition coefficient (Wildman–Crippen LogP) is 2.26. The number of amides is 2. The number of fused-ring (bicyclic) bond motifs is 1. The summed E-state index contributed by atoms with van der Waals surface area (Å²) >= 11 is 0. The molecule has 4 rings (SSSR count). The Kier molecular flexibility index (Phi) is 4.84. The maximum absolute atomic E-state index is 13.9. The van der Waals surface area contributed by atoms with Gasteiger partial charge in [0.1, 0.15) is 11.5 Å². The monoisotopic (exact) mass is 394 g/mol. The molecule has 1 aliphatic heterocycles. The van der Waals surface area contributed by atoms with Crippen molar-refractivity contribution in [1.29, 1.82) is 0 Å². The number of halogens is 1. The highest BCUT2D eigenvalue weighted by Crippen LogP contribution is 2.22. The molecule has 0 bridgehead atoms. The Morgan fingerprint density at radius 2 is 1.97 bits per heavy atom. The summed E-state index contributed by atoms with van der Waals surface area (Å²) in [4.78, 5) is 48.1. The van der Waals surface area contributed by atoms with E-state index in [0.29, 0.717) is 24.2 Å². The number of aromatic nitrogens is 2. The third-order valence-corrected chi connectivity index (χ3v) is 5.16. The average molecular weight is 394 g/mol. The summed E-state index contributed by atoms with van der Waals surface area (Å²) in [7, 11) is 0. The van der Waals surface area contributed by atoms with Crippen molar-refractivity contribution < 1.29 is 18.8 Å². The molecule has 1 atom stereocenters. The van der Waals surface area contributed by atoms with Crippen LogP contribution in [0.15, 0.2) is 48.8 Å². The standard InChI is InChI=1S/C21H19FN4O3/c1-13-12-25(20(28)17-7-2-3-8-23-17)9-10-26(13)21(29)19(27)15-11-24-18-14(15)5-4-6-16(18)22/h2-8,11,13,24H,9-10,12H2,1H3/t13-/m1/s1. The van der Waals surface area contributed by atoms with Crippen molar-refractivity contribution in [2.45, 2.75) is 13.0 Å². The molecule has 1 N–H and O–H groups in total.